The van der Waals surface area contributed by atoms with Crippen molar-refractivity contribution >= 4 is 30.1 Å². The van der Waals surface area contributed by atoms with Gasteiger partial charge in [-0.2, -0.15) is 11.8 Å². The number of nitrogens with two attached hydrogens (primary N) is 1. The number of halogens is 1. The minimum atomic E-state index is -0.306. The number of nitrogens with zero attached hydrogens (tertiary/aromatic N) is 2. The van der Waals surface area contributed by atoms with Gasteiger partial charge in [0.25, 0.3) is 0 Å². The number of likely N-dealkylation sites (tertiary alicyclic amines) is 1. The summed E-state index contributed by atoms with van der Waals surface area (Å²) in [6, 6.07) is 0.920. The Kier molecular flexibility index (Phi) is 6.94. The first-order valence-corrected chi connectivity index (χ1v) is 8.28. The molecular formula is C13H26ClN3OS. The topological polar surface area (TPSA) is 49.6 Å². The van der Waals surface area contributed by atoms with Crippen LogP contribution in [0.25, 0.3) is 0 Å². The molecule has 19 heavy (non-hydrogen) atoms. The summed E-state index contributed by atoms with van der Waals surface area (Å²) in [4.78, 5) is 16.8. The van der Waals surface area contributed by atoms with Crippen molar-refractivity contribution in [3.8, 4) is 0 Å². The molecule has 2 aliphatic heterocycles. The molecule has 1 amide bonds. The second-order valence-electron chi connectivity index (χ2n) is 5.51. The van der Waals surface area contributed by atoms with E-state index in [4.69, 9.17) is 5.73 Å². The molecule has 0 radical (unpaired) electrons. The van der Waals surface area contributed by atoms with Gasteiger partial charge in [0, 0.05) is 25.2 Å². The molecule has 4 nitrogen and oxygen atoms in total. The van der Waals surface area contributed by atoms with E-state index in [0.717, 1.165) is 31.7 Å². The SMILES string of the molecule is CSCC[C@H](N)C(=O)N1CCC2CCC(C1)N2C.Cl. The van der Waals surface area contributed by atoms with Gasteiger partial charge in [-0.3, -0.25) is 9.69 Å². The van der Waals surface area contributed by atoms with Crippen molar-refractivity contribution in [3.05, 3.63) is 0 Å². The number of carbonyl (C=O) groups is 1. The zero-order chi connectivity index (χ0) is 13.1. The van der Waals surface area contributed by atoms with E-state index < -0.39 is 0 Å². The maximum absolute atomic E-state index is 12.3. The van der Waals surface area contributed by atoms with Crippen LogP contribution >= 0.6 is 24.2 Å². The van der Waals surface area contributed by atoms with E-state index in [9.17, 15) is 4.79 Å². The Labute approximate surface area is 126 Å². The Bertz CT molecular complexity index is 306. The zero-order valence-electron chi connectivity index (χ0n) is 11.9. The summed E-state index contributed by atoms with van der Waals surface area (Å²) >= 11 is 1.75. The normalized spacial score (nSPS) is 28.7. The first kappa shape index (κ1) is 17.1. The molecule has 0 aliphatic carbocycles. The summed E-state index contributed by atoms with van der Waals surface area (Å²) in [6.07, 6.45) is 6.47. The number of carbonyl (C=O) groups excluding carboxylic acids is 1. The standard InChI is InChI=1S/C13H25N3OS.ClH/c1-15-10-3-4-11(15)9-16(7-5-10)13(17)12(14)6-8-18-2;/h10-12H,3-9,14H2,1-2H3;1H/t10?,11?,12-;/m0./s1. The predicted molar refractivity (Wildman–Crippen MR) is 84.0 cm³/mol. The summed E-state index contributed by atoms with van der Waals surface area (Å²) in [7, 11) is 2.20. The summed E-state index contributed by atoms with van der Waals surface area (Å²) in [5.41, 5.74) is 6.00. The van der Waals surface area contributed by atoms with Gasteiger partial charge in [-0.05, 0) is 44.7 Å². The fraction of sp³-hybridized carbons (Fsp3) is 0.923. The Morgan fingerprint density at radius 3 is 2.74 bits per heavy atom. The van der Waals surface area contributed by atoms with Crippen molar-refractivity contribution in [2.24, 2.45) is 5.73 Å². The van der Waals surface area contributed by atoms with Gasteiger partial charge in [-0.15, -0.1) is 12.4 Å². The van der Waals surface area contributed by atoms with Crippen LogP contribution in [0.4, 0.5) is 0 Å². The van der Waals surface area contributed by atoms with E-state index in [-0.39, 0.29) is 24.4 Å². The number of hydrogen-bond acceptors (Lipinski definition) is 4. The largest absolute Gasteiger partial charge is 0.340 e. The third kappa shape index (κ3) is 4.00. The van der Waals surface area contributed by atoms with E-state index in [0.29, 0.717) is 12.1 Å². The van der Waals surface area contributed by atoms with Gasteiger partial charge in [-0.25, -0.2) is 0 Å². The van der Waals surface area contributed by atoms with Crippen molar-refractivity contribution in [1.29, 1.82) is 0 Å². The van der Waals surface area contributed by atoms with Crippen molar-refractivity contribution in [2.75, 3.05) is 32.1 Å². The van der Waals surface area contributed by atoms with Gasteiger partial charge in [-0.1, -0.05) is 0 Å². The highest BCUT2D eigenvalue weighted by Gasteiger charge is 2.36. The van der Waals surface area contributed by atoms with Crippen LogP contribution in [0.2, 0.25) is 0 Å². The summed E-state index contributed by atoms with van der Waals surface area (Å²) < 4.78 is 0. The van der Waals surface area contributed by atoms with Crippen LogP contribution in [0.5, 0.6) is 0 Å². The molecule has 2 heterocycles. The fourth-order valence-corrected chi connectivity index (χ4v) is 3.60. The molecule has 2 bridgehead atoms. The van der Waals surface area contributed by atoms with Gasteiger partial charge in [0.1, 0.15) is 0 Å². The van der Waals surface area contributed by atoms with Crippen LogP contribution in [0, 0.1) is 0 Å². The molecule has 0 aromatic carbocycles. The summed E-state index contributed by atoms with van der Waals surface area (Å²) in [5, 5.41) is 0. The molecule has 2 saturated heterocycles. The molecule has 0 saturated carbocycles. The minimum Gasteiger partial charge on any atom is -0.340 e. The lowest BCUT2D eigenvalue weighted by Crippen LogP contribution is -2.47. The molecule has 2 unspecified atom stereocenters. The smallest absolute Gasteiger partial charge is 0.239 e. The van der Waals surface area contributed by atoms with E-state index >= 15 is 0 Å². The van der Waals surface area contributed by atoms with E-state index in [1.54, 1.807) is 11.8 Å². The van der Waals surface area contributed by atoms with Crippen LogP contribution in [-0.2, 0) is 4.79 Å². The number of hydrogen-bond donors (Lipinski definition) is 1. The average Bonchev–Trinajstić information content (AvgIpc) is 2.59. The second-order valence-corrected chi connectivity index (χ2v) is 6.50. The Hall–Kier alpha value is 0.0300. The summed E-state index contributed by atoms with van der Waals surface area (Å²) in [6.45, 7) is 1.76. The lowest BCUT2D eigenvalue weighted by Gasteiger charge is -2.28. The Morgan fingerprint density at radius 2 is 2.05 bits per heavy atom. The first-order valence-electron chi connectivity index (χ1n) is 6.88. The van der Waals surface area contributed by atoms with Crippen LogP contribution in [0.3, 0.4) is 0 Å². The quantitative estimate of drug-likeness (QED) is 0.847. The molecule has 2 aliphatic rings. The third-order valence-electron chi connectivity index (χ3n) is 4.41. The predicted octanol–water partition coefficient (Wildman–Crippen LogP) is 1.18. The zero-order valence-corrected chi connectivity index (χ0v) is 13.5. The third-order valence-corrected chi connectivity index (χ3v) is 5.05. The monoisotopic (exact) mass is 307 g/mol. The molecule has 2 N–H and O–H groups in total. The maximum atomic E-state index is 12.3. The number of fused-ring (bicyclic) bond motifs is 2. The van der Waals surface area contributed by atoms with Crippen molar-refractivity contribution < 1.29 is 4.79 Å². The molecule has 2 fully saturated rings. The van der Waals surface area contributed by atoms with E-state index in [2.05, 4.69) is 18.2 Å². The molecule has 112 valence electrons. The van der Waals surface area contributed by atoms with Crippen molar-refractivity contribution in [1.82, 2.24) is 9.80 Å². The number of likely N-dealkylation sites (N-methyl/N-ethyl adjacent to an activating group) is 1. The molecule has 0 aromatic rings. The maximum Gasteiger partial charge on any atom is 0.239 e. The molecular weight excluding hydrogens is 282 g/mol. The van der Waals surface area contributed by atoms with Crippen molar-refractivity contribution in [2.45, 2.75) is 43.8 Å². The van der Waals surface area contributed by atoms with E-state index in [1.807, 2.05) is 4.90 Å². The average molecular weight is 308 g/mol. The van der Waals surface area contributed by atoms with Gasteiger partial charge in [0.2, 0.25) is 5.91 Å². The molecule has 2 rings (SSSR count). The van der Waals surface area contributed by atoms with Crippen LogP contribution in [0.15, 0.2) is 0 Å². The van der Waals surface area contributed by atoms with Gasteiger partial charge >= 0.3 is 0 Å². The molecule has 0 spiro atoms. The Balaban J connectivity index is 0.00000180. The highest BCUT2D eigenvalue weighted by atomic mass is 35.5. The second kappa shape index (κ2) is 7.72. The first-order chi connectivity index (χ1) is 8.63. The molecule has 3 atom stereocenters. The molecule has 0 aromatic heterocycles. The van der Waals surface area contributed by atoms with Gasteiger partial charge in [0.05, 0.1) is 6.04 Å². The summed E-state index contributed by atoms with van der Waals surface area (Å²) in [5.74, 6) is 1.12. The molecule has 6 heteroatoms. The highest BCUT2D eigenvalue weighted by molar-refractivity contribution is 7.98. The van der Waals surface area contributed by atoms with Crippen molar-refractivity contribution in [3.63, 3.8) is 0 Å². The van der Waals surface area contributed by atoms with Gasteiger partial charge < -0.3 is 10.6 Å². The number of rotatable bonds is 4. The number of thioether (sulfide) groups is 1. The lowest BCUT2D eigenvalue weighted by atomic mass is 10.1. The lowest BCUT2D eigenvalue weighted by molar-refractivity contribution is -0.133. The minimum absolute atomic E-state index is 0. The van der Waals surface area contributed by atoms with Crippen LogP contribution in [-0.4, -0.2) is 66.0 Å². The van der Waals surface area contributed by atoms with Crippen LogP contribution < -0.4 is 5.73 Å². The fourth-order valence-electron chi connectivity index (χ4n) is 3.11. The van der Waals surface area contributed by atoms with Gasteiger partial charge in [0.15, 0.2) is 0 Å². The van der Waals surface area contributed by atoms with E-state index in [1.165, 1.54) is 12.8 Å². The van der Waals surface area contributed by atoms with Crippen LogP contribution in [0.1, 0.15) is 25.7 Å². The number of amides is 1. The highest BCUT2D eigenvalue weighted by Crippen LogP contribution is 2.28. The Morgan fingerprint density at radius 1 is 1.37 bits per heavy atom.